The molecule has 3 aromatic rings. The monoisotopic (exact) mass is 406 g/mol. The summed E-state index contributed by atoms with van der Waals surface area (Å²) in [7, 11) is 0. The Balaban J connectivity index is 1.40. The molecule has 4 bridgehead atoms. The fourth-order valence-corrected chi connectivity index (χ4v) is 7.73. The minimum Gasteiger partial charge on any atom is -0.397 e. The molecule has 4 aliphatic carbocycles. The highest BCUT2D eigenvalue weighted by atomic mass is 32.1. The van der Waals surface area contributed by atoms with Gasteiger partial charge in [0.2, 0.25) is 0 Å². The van der Waals surface area contributed by atoms with E-state index < -0.39 is 0 Å². The minimum absolute atomic E-state index is 0.191. The molecule has 4 fully saturated rings. The van der Waals surface area contributed by atoms with E-state index in [1.54, 1.807) is 12.1 Å². The number of nitrogens with zero attached hydrogens (tertiary/aromatic N) is 1. The van der Waals surface area contributed by atoms with Gasteiger partial charge >= 0.3 is 0 Å². The van der Waals surface area contributed by atoms with Gasteiger partial charge in [0.1, 0.15) is 10.6 Å². The highest BCUT2D eigenvalue weighted by Crippen LogP contribution is 2.61. The zero-order valence-electron chi connectivity index (χ0n) is 16.2. The van der Waals surface area contributed by atoms with Gasteiger partial charge < -0.3 is 5.73 Å². The highest BCUT2D eigenvalue weighted by molar-refractivity contribution is 7.21. The molecule has 4 saturated carbocycles. The van der Waals surface area contributed by atoms with Crippen LogP contribution in [0, 0.1) is 29.0 Å². The van der Waals surface area contributed by atoms with E-state index in [0.717, 1.165) is 58.5 Å². The highest BCUT2D eigenvalue weighted by Gasteiger charge is 2.55. The van der Waals surface area contributed by atoms with Crippen molar-refractivity contribution in [3.8, 4) is 11.3 Å². The second-order valence-electron chi connectivity index (χ2n) is 9.43. The first-order valence-electron chi connectivity index (χ1n) is 10.5. The lowest BCUT2D eigenvalue weighted by atomic mass is 9.48. The Morgan fingerprint density at radius 2 is 1.62 bits per heavy atom. The number of aromatic nitrogens is 1. The van der Waals surface area contributed by atoms with Gasteiger partial charge in [-0.2, -0.15) is 0 Å². The quantitative estimate of drug-likeness (QED) is 0.536. The van der Waals surface area contributed by atoms with E-state index >= 15 is 0 Å². The van der Waals surface area contributed by atoms with Gasteiger partial charge in [-0.05, 0) is 92.7 Å². The number of nitrogens with two attached hydrogens (primary N) is 1. The number of hydrogen-bond acceptors (Lipinski definition) is 4. The summed E-state index contributed by atoms with van der Waals surface area (Å²) in [5.74, 6) is 2.18. The molecule has 2 aromatic heterocycles. The lowest BCUT2D eigenvalue weighted by Crippen LogP contribution is -2.49. The summed E-state index contributed by atoms with van der Waals surface area (Å²) in [6.45, 7) is 0. The third-order valence-corrected chi connectivity index (χ3v) is 8.57. The van der Waals surface area contributed by atoms with Gasteiger partial charge in [0.25, 0.3) is 0 Å². The first-order chi connectivity index (χ1) is 14.0. The smallest absolute Gasteiger partial charge is 0.181 e. The average Bonchev–Trinajstić information content (AvgIpc) is 3.03. The van der Waals surface area contributed by atoms with Gasteiger partial charge in [-0.25, -0.2) is 9.37 Å². The van der Waals surface area contributed by atoms with Crippen LogP contribution < -0.4 is 5.73 Å². The van der Waals surface area contributed by atoms with Gasteiger partial charge in [-0.15, -0.1) is 11.3 Å². The van der Waals surface area contributed by atoms with Crippen molar-refractivity contribution in [1.29, 1.82) is 0 Å². The minimum atomic E-state index is -0.265. The molecule has 0 saturated heterocycles. The average molecular weight is 407 g/mol. The molecule has 0 aliphatic heterocycles. The molecule has 0 spiro atoms. The number of pyridine rings is 1. The van der Waals surface area contributed by atoms with Crippen molar-refractivity contribution < 1.29 is 9.18 Å². The second kappa shape index (κ2) is 6.11. The number of Topliss-reactive ketones (excluding diaryl/α,β-unsaturated/α-hetero) is 1. The van der Waals surface area contributed by atoms with Crippen LogP contribution in [0.4, 0.5) is 10.1 Å². The number of halogens is 1. The topological polar surface area (TPSA) is 56.0 Å². The van der Waals surface area contributed by atoms with Crippen LogP contribution in [0.1, 0.15) is 48.2 Å². The van der Waals surface area contributed by atoms with Crippen molar-refractivity contribution in [2.75, 3.05) is 5.73 Å². The van der Waals surface area contributed by atoms with Gasteiger partial charge in [-0.3, -0.25) is 4.79 Å². The molecule has 4 aliphatic rings. The van der Waals surface area contributed by atoms with Crippen LogP contribution in [0.15, 0.2) is 36.4 Å². The second-order valence-corrected chi connectivity index (χ2v) is 10.4. The predicted octanol–water partition coefficient (Wildman–Crippen LogP) is 6.08. The predicted molar refractivity (Wildman–Crippen MR) is 114 cm³/mol. The van der Waals surface area contributed by atoms with Crippen LogP contribution in [0.25, 0.3) is 21.5 Å². The summed E-state index contributed by atoms with van der Waals surface area (Å²) in [6, 6.07) is 10.2. The molecule has 7 rings (SSSR count). The van der Waals surface area contributed by atoms with Crippen LogP contribution in [-0.4, -0.2) is 10.8 Å². The molecule has 5 heteroatoms. The van der Waals surface area contributed by atoms with Gasteiger partial charge in [0, 0.05) is 16.4 Å². The lowest BCUT2D eigenvalue weighted by Gasteiger charge is -2.55. The summed E-state index contributed by atoms with van der Waals surface area (Å²) in [6.07, 6.45) is 7.07. The molecule has 2 N–H and O–H groups in total. The Bertz CT molecular complexity index is 1100. The molecule has 0 atom stereocenters. The zero-order chi connectivity index (χ0) is 19.8. The number of nitrogen functional groups attached to an aromatic ring is 1. The Morgan fingerprint density at radius 3 is 2.24 bits per heavy atom. The number of carbonyl (C=O) groups is 1. The standard InChI is InChI=1S/C24H23FN2OS/c25-17-3-1-16(2-4-17)19-6-5-18-20(26)21(29-23(18)27-19)22(28)24-10-13-7-14(11-24)9-15(8-13)12-24/h1-6,13-15H,7-12,26H2. The third-order valence-electron chi connectivity index (χ3n) is 7.46. The molecule has 0 radical (unpaired) electrons. The maximum Gasteiger partial charge on any atom is 0.181 e. The summed E-state index contributed by atoms with van der Waals surface area (Å²) in [5.41, 5.74) is 8.49. The normalized spacial score (nSPS) is 30.2. The Labute approximate surface area is 173 Å². The van der Waals surface area contributed by atoms with Crippen molar-refractivity contribution in [3.05, 3.63) is 47.1 Å². The maximum atomic E-state index is 13.7. The molecule has 0 unspecified atom stereocenters. The van der Waals surface area contributed by atoms with Crippen molar-refractivity contribution in [1.82, 2.24) is 4.98 Å². The number of carbonyl (C=O) groups excluding carboxylic acids is 1. The van der Waals surface area contributed by atoms with Crippen LogP contribution in [0.5, 0.6) is 0 Å². The molecular weight excluding hydrogens is 383 g/mol. The van der Waals surface area contributed by atoms with Gasteiger partial charge in [0.05, 0.1) is 16.3 Å². The molecule has 2 heterocycles. The van der Waals surface area contributed by atoms with E-state index in [-0.39, 0.29) is 17.0 Å². The van der Waals surface area contributed by atoms with E-state index in [2.05, 4.69) is 0 Å². The number of rotatable bonds is 3. The van der Waals surface area contributed by atoms with Crippen LogP contribution in [0.3, 0.4) is 0 Å². The number of anilines is 1. The number of fused-ring (bicyclic) bond motifs is 1. The van der Waals surface area contributed by atoms with Crippen LogP contribution in [-0.2, 0) is 0 Å². The van der Waals surface area contributed by atoms with E-state index in [1.165, 1.54) is 42.7 Å². The van der Waals surface area contributed by atoms with Crippen LogP contribution >= 0.6 is 11.3 Å². The molecular formula is C24H23FN2OS. The molecule has 3 nitrogen and oxygen atoms in total. The van der Waals surface area contributed by atoms with E-state index in [1.807, 2.05) is 12.1 Å². The molecule has 0 amide bonds. The molecule has 29 heavy (non-hydrogen) atoms. The van der Waals surface area contributed by atoms with E-state index in [9.17, 15) is 9.18 Å². The summed E-state index contributed by atoms with van der Waals surface area (Å²) >= 11 is 1.43. The largest absolute Gasteiger partial charge is 0.397 e. The van der Waals surface area contributed by atoms with Gasteiger partial charge in [-0.1, -0.05) is 0 Å². The number of thiophene rings is 1. The maximum absolute atomic E-state index is 13.7. The SMILES string of the molecule is Nc1c(C(=O)C23CC4CC(CC(C4)C2)C3)sc2nc(-c3ccc(F)cc3)ccc12. The van der Waals surface area contributed by atoms with Crippen molar-refractivity contribution in [2.45, 2.75) is 38.5 Å². The third kappa shape index (κ3) is 2.67. The van der Waals surface area contributed by atoms with Crippen LogP contribution in [0.2, 0.25) is 0 Å². The van der Waals surface area contributed by atoms with E-state index in [0.29, 0.717) is 10.6 Å². The van der Waals surface area contributed by atoms with E-state index in [4.69, 9.17) is 10.7 Å². The van der Waals surface area contributed by atoms with Gasteiger partial charge in [0.15, 0.2) is 5.78 Å². The Morgan fingerprint density at radius 1 is 1.00 bits per heavy atom. The summed E-state index contributed by atoms with van der Waals surface area (Å²) in [5, 5.41) is 0.855. The number of ketones is 1. The zero-order valence-corrected chi connectivity index (χ0v) is 17.0. The van der Waals surface area contributed by atoms with Crippen molar-refractivity contribution in [2.24, 2.45) is 23.2 Å². The number of benzene rings is 1. The fourth-order valence-electron chi connectivity index (χ4n) is 6.58. The summed E-state index contributed by atoms with van der Waals surface area (Å²) < 4.78 is 13.2. The fraction of sp³-hybridized carbons (Fsp3) is 0.417. The Hall–Kier alpha value is -2.27. The molecule has 1 aromatic carbocycles. The number of hydrogen-bond donors (Lipinski definition) is 1. The summed E-state index contributed by atoms with van der Waals surface area (Å²) in [4.78, 5) is 20.0. The lowest BCUT2D eigenvalue weighted by molar-refractivity contribution is -0.0350. The molecule has 148 valence electrons. The van der Waals surface area contributed by atoms with Crippen molar-refractivity contribution >= 4 is 33.0 Å². The first kappa shape index (κ1) is 17.6. The van der Waals surface area contributed by atoms with Crippen molar-refractivity contribution in [3.63, 3.8) is 0 Å². The first-order valence-corrected chi connectivity index (χ1v) is 11.3. The Kier molecular flexibility index (Phi) is 3.71.